The number of halogens is 3. The molecule has 2 N–H and O–H groups in total. The summed E-state index contributed by atoms with van der Waals surface area (Å²) in [5.74, 6) is -0.507. The van der Waals surface area contributed by atoms with Gasteiger partial charge in [-0.15, -0.1) is 0 Å². The molecular formula is C23H26F3N5O. The number of hydrogen-bond acceptors (Lipinski definition) is 6. The van der Waals surface area contributed by atoms with Gasteiger partial charge in [0.25, 0.3) is 6.43 Å². The second kappa shape index (κ2) is 8.63. The summed E-state index contributed by atoms with van der Waals surface area (Å²) in [6, 6.07) is 5.11. The van der Waals surface area contributed by atoms with Crippen molar-refractivity contribution in [3.05, 3.63) is 58.9 Å². The Hall–Kier alpha value is -2.78. The number of aromatic nitrogens is 3. The Morgan fingerprint density at radius 3 is 2.53 bits per heavy atom. The van der Waals surface area contributed by atoms with Gasteiger partial charge in [-0.05, 0) is 39.8 Å². The SMILES string of the molecule is Cc1nc(C2(O)CCN(C)CC2)cc2c(N[C@H](C)c3cccc(C(F)F)c3F)ncnc12. The monoisotopic (exact) mass is 445 g/mol. The van der Waals surface area contributed by atoms with Crippen LogP contribution >= 0.6 is 0 Å². The van der Waals surface area contributed by atoms with Gasteiger partial charge < -0.3 is 15.3 Å². The molecule has 170 valence electrons. The molecule has 3 heterocycles. The molecule has 4 rings (SSSR count). The van der Waals surface area contributed by atoms with Crippen molar-refractivity contribution in [2.75, 3.05) is 25.5 Å². The van der Waals surface area contributed by atoms with Crippen LogP contribution < -0.4 is 5.32 Å². The number of nitrogens with zero attached hydrogens (tertiary/aromatic N) is 4. The van der Waals surface area contributed by atoms with E-state index in [0.29, 0.717) is 41.0 Å². The van der Waals surface area contributed by atoms with Crippen LogP contribution in [0.3, 0.4) is 0 Å². The van der Waals surface area contributed by atoms with E-state index in [1.54, 1.807) is 13.0 Å². The number of aryl methyl sites for hydroxylation is 1. The zero-order chi connectivity index (χ0) is 23.0. The van der Waals surface area contributed by atoms with Crippen molar-refractivity contribution in [2.45, 2.75) is 44.8 Å². The first kappa shape index (κ1) is 22.4. The molecule has 3 aromatic rings. The summed E-state index contributed by atoms with van der Waals surface area (Å²) in [5.41, 5.74) is 0.240. The highest BCUT2D eigenvalue weighted by atomic mass is 19.3. The average Bonchev–Trinajstić information content (AvgIpc) is 2.76. The first-order valence-electron chi connectivity index (χ1n) is 10.6. The molecule has 1 aromatic carbocycles. The van der Waals surface area contributed by atoms with Crippen LogP contribution in [0.5, 0.6) is 0 Å². The highest BCUT2D eigenvalue weighted by Gasteiger charge is 2.35. The number of fused-ring (bicyclic) bond motifs is 1. The first-order valence-corrected chi connectivity index (χ1v) is 10.6. The number of hydrogen-bond donors (Lipinski definition) is 2. The van der Waals surface area contributed by atoms with Crippen LogP contribution in [-0.4, -0.2) is 45.1 Å². The standard InChI is InChI=1S/C23H26F3N5O/c1-13(15-5-4-6-16(19(15)24)21(25)26)30-22-17-11-18(23(32)7-9-31(3)10-8-23)29-14(2)20(17)27-12-28-22/h4-6,11-13,21,32H,7-10H2,1-3H3,(H,27,28,30)/t13-/m1/s1. The van der Waals surface area contributed by atoms with Crippen LogP contribution in [0.2, 0.25) is 0 Å². The fraction of sp³-hybridized carbons (Fsp3) is 0.435. The zero-order valence-corrected chi connectivity index (χ0v) is 18.2. The molecule has 0 amide bonds. The van der Waals surface area contributed by atoms with Crippen molar-refractivity contribution in [1.29, 1.82) is 0 Å². The Morgan fingerprint density at radius 1 is 1.16 bits per heavy atom. The minimum atomic E-state index is -2.89. The Kier molecular flexibility index (Phi) is 6.05. The van der Waals surface area contributed by atoms with Crippen molar-refractivity contribution < 1.29 is 18.3 Å². The van der Waals surface area contributed by atoms with Crippen LogP contribution in [0.15, 0.2) is 30.6 Å². The van der Waals surface area contributed by atoms with Gasteiger partial charge in [0.2, 0.25) is 0 Å². The number of aliphatic hydroxyl groups is 1. The third kappa shape index (κ3) is 4.14. The lowest BCUT2D eigenvalue weighted by atomic mass is 9.87. The first-order chi connectivity index (χ1) is 15.2. The molecular weight excluding hydrogens is 419 g/mol. The summed E-state index contributed by atoms with van der Waals surface area (Å²) in [6.07, 6.45) is -0.407. The highest BCUT2D eigenvalue weighted by Crippen LogP contribution is 2.35. The number of likely N-dealkylation sites (tertiary alicyclic amines) is 1. The molecule has 1 aliphatic heterocycles. The molecule has 0 saturated carbocycles. The fourth-order valence-corrected chi connectivity index (χ4v) is 4.18. The Labute approximate surface area is 184 Å². The Bertz CT molecular complexity index is 1130. The molecule has 1 atom stereocenters. The molecule has 1 saturated heterocycles. The lowest BCUT2D eigenvalue weighted by molar-refractivity contribution is -0.0238. The predicted molar refractivity (Wildman–Crippen MR) is 116 cm³/mol. The van der Waals surface area contributed by atoms with Gasteiger partial charge >= 0.3 is 0 Å². The van der Waals surface area contributed by atoms with Gasteiger partial charge in [-0.1, -0.05) is 18.2 Å². The smallest absolute Gasteiger partial charge is 0.266 e. The predicted octanol–water partition coefficient (Wildman–Crippen LogP) is 4.50. The number of pyridine rings is 1. The quantitative estimate of drug-likeness (QED) is 0.603. The summed E-state index contributed by atoms with van der Waals surface area (Å²) in [6.45, 7) is 5.00. The second-order valence-electron chi connectivity index (χ2n) is 8.46. The topological polar surface area (TPSA) is 74.2 Å². The van der Waals surface area contributed by atoms with E-state index < -0.39 is 29.4 Å². The molecule has 0 aliphatic carbocycles. The van der Waals surface area contributed by atoms with Crippen molar-refractivity contribution in [1.82, 2.24) is 19.9 Å². The summed E-state index contributed by atoms with van der Waals surface area (Å²) < 4.78 is 40.9. The minimum absolute atomic E-state index is 0.120. The van der Waals surface area contributed by atoms with Crippen LogP contribution in [-0.2, 0) is 5.60 Å². The molecule has 6 nitrogen and oxygen atoms in total. The van der Waals surface area contributed by atoms with E-state index in [4.69, 9.17) is 0 Å². The van der Waals surface area contributed by atoms with Crippen molar-refractivity contribution in [3.63, 3.8) is 0 Å². The molecule has 32 heavy (non-hydrogen) atoms. The Balaban J connectivity index is 1.72. The van der Waals surface area contributed by atoms with E-state index in [-0.39, 0.29) is 5.56 Å². The van der Waals surface area contributed by atoms with Crippen molar-refractivity contribution >= 4 is 16.7 Å². The number of alkyl halides is 2. The molecule has 1 fully saturated rings. The largest absolute Gasteiger partial charge is 0.383 e. The van der Waals surface area contributed by atoms with Gasteiger partial charge in [-0.25, -0.2) is 23.1 Å². The number of nitrogens with one attached hydrogen (secondary N) is 1. The highest BCUT2D eigenvalue weighted by molar-refractivity contribution is 5.90. The number of piperidine rings is 1. The normalized spacial score (nSPS) is 17.6. The summed E-state index contributed by atoms with van der Waals surface area (Å²) in [5, 5.41) is 15.0. The number of benzene rings is 1. The second-order valence-corrected chi connectivity index (χ2v) is 8.46. The molecule has 9 heteroatoms. The van der Waals surface area contributed by atoms with E-state index in [0.717, 1.165) is 19.2 Å². The van der Waals surface area contributed by atoms with E-state index >= 15 is 0 Å². The van der Waals surface area contributed by atoms with Gasteiger partial charge in [0.05, 0.1) is 28.5 Å². The van der Waals surface area contributed by atoms with E-state index in [9.17, 15) is 18.3 Å². The van der Waals surface area contributed by atoms with E-state index in [1.165, 1.54) is 18.5 Å². The number of rotatable bonds is 5. The maximum atomic E-state index is 14.6. The van der Waals surface area contributed by atoms with Crippen molar-refractivity contribution in [3.8, 4) is 0 Å². The third-order valence-corrected chi connectivity index (χ3v) is 6.20. The van der Waals surface area contributed by atoms with Crippen LogP contribution in [0.1, 0.15) is 54.7 Å². The maximum absolute atomic E-state index is 14.6. The molecule has 0 bridgehead atoms. The molecule has 0 spiro atoms. The summed E-state index contributed by atoms with van der Waals surface area (Å²) >= 11 is 0. The Morgan fingerprint density at radius 2 is 1.84 bits per heavy atom. The van der Waals surface area contributed by atoms with Crippen LogP contribution in [0, 0.1) is 12.7 Å². The zero-order valence-electron chi connectivity index (χ0n) is 18.2. The van der Waals surface area contributed by atoms with Gasteiger partial charge in [0.15, 0.2) is 0 Å². The average molecular weight is 445 g/mol. The summed E-state index contributed by atoms with van der Waals surface area (Å²) in [7, 11) is 2.01. The molecule has 0 unspecified atom stereocenters. The molecule has 0 radical (unpaired) electrons. The van der Waals surface area contributed by atoms with Gasteiger partial charge in [-0.3, -0.25) is 4.98 Å². The van der Waals surface area contributed by atoms with Crippen LogP contribution in [0.25, 0.3) is 10.9 Å². The lowest BCUT2D eigenvalue weighted by Crippen LogP contribution is -2.41. The number of anilines is 1. The third-order valence-electron chi connectivity index (χ3n) is 6.20. The summed E-state index contributed by atoms with van der Waals surface area (Å²) in [4.78, 5) is 15.4. The van der Waals surface area contributed by atoms with Crippen molar-refractivity contribution in [2.24, 2.45) is 0 Å². The van der Waals surface area contributed by atoms with Gasteiger partial charge in [0, 0.05) is 24.0 Å². The maximum Gasteiger partial charge on any atom is 0.266 e. The van der Waals surface area contributed by atoms with Gasteiger partial charge in [-0.2, -0.15) is 0 Å². The fourth-order valence-electron chi connectivity index (χ4n) is 4.18. The lowest BCUT2D eigenvalue weighted by Gasteiger charge is -2.36. The van der Waals surface area contributed by atoms with Gasteiger partial charge in [0.1, 0.15) is 23.6 Å². The molecule has 2 aromatic heterocycles. The van der Waals surface area contributed by atoms with E-state index in [2.05, 4.69) is 25.2 Å². The minimum Gasteiger partial charge on any atom is -0.383 e. The van der Waals surface area contributed by atoms with E-state index in [1.807, 2.05) is 14.0 Å². The molecule has 1 aliphatic rings. The van der Waals surface area contributed by atoms with Crippen LogP contribution in [0.4, 0.5) is 19.0 Å².